The number of nitrogens with zero attached hydrogens (tertiary/aromatic N) is 1. The summed E-state index contributed by atoms with van der Waals surface area (Å²) in [5.41, 5.74) is -1.41. The first kappa shape index (κ1) is 12.8. The van der Waals surface area contributed by atoms with Crippen LogP contribution in [0.3, 0.4) is 0 Å². The SMILES string of the molecule is CC(C)(C)NC(=O)N1CCCC1(C)C(=O)O. The summed E-state index contributed by atoms with van der Waals surface area (Å²) >= 11 is 0. The first-order valence-electron chi connectivity index (χ1n) is 5.50. The van der Waals surface area contributed by atoms with Crippen molar-refractivity contribution in [1.29, 1.82) is 0 Å². The lowest BCUT2D eigenvalue weighted by Gasteiger charge is -2.34. The zero-order chi connectivity index (χ0) is 12.6. The summed E-state index contributed by atoms with van der Waals surface area (Å²) in [6.07, 6.45) is 1.25. The fraction of sp³-hybridized carbons (Fsp3) is 0.818. The van der Waals surface area contributed by atoms with Gasteiger partial charge in [0, 0.05) is 12.1 Å². The lowest BCUT2D eigenvalue weighted by atomic mass is 9.99. The highest BCUT2D eigenvalue weighted by Crippen LogP contribution is 2.29. The molecule has 5 nitrogen and oxygen atoms in total. The molecule has 2 N–H and O–H groups in total. The molecule has 1 aliphatic heterocycles. The Morgan fingerprint density at radius 3 is 2.38 bits per heavy atom. The summed E-state index contributed by atoms with van der Waals surface area (Å²) in [4.78, 5) is 24.5. The minimum atomic E-state index is -1.06. The molecule has 0 spiro atoms. The average Bonchev–Trinajstić information content (AvgIpc) is 2.45. The molecule has 1 unspecified atom stereocenters. The van der Waals surface area contributed by atoms with E-state index in [0.717, 1.165) is 6.42 Å². The number of aliphatic carboxylic acids is 1. The van der Waals surface area contributed by atoms with Gasteiger partial charge in [-0.15, -0.1) is 0 Å². The number of hydrogen-bond acceptors (Lipinski definition) is 2. The molecule has 0 saturated carbocycles. The Bertz CT molecular complexity index is 309. The molecule has 0 radical (unpaired) electrons. The van der Waals surface area contributed by atoms with Crippen LogP contribution in [0.1, 0.15) is 40.5 Å². The van der Waals surface area contributed by atoms with Gasteiger partial charge in [-0.2, -0.15) is 0 Å². The molecule has 0 aromatic carbocycles. The minimum absolute atomic E-state index is 0.296. The Hall–Kier alpha value is -1.26. The van der Waals surface area contributed by atoms with Crippen molar-refractivity contribution in [2.75, 3.05) is 6.54 Å². The molecule has 1 rings (SSSR count). The summed E-state index contributed by atoms with van der Waals surface area (Å²) in [6.45, 7) is 7.73. The molecule has 0 aliphatic carbocycles. The maximum atomic E-state index is 11.9. The normalized spacial score (nSPS) is 25.6. The van der Waals surface area contributed by atoms with Crippen LogP contribution >= 0.6 is 0 Å². The van der Waals surface area contributed by atoms with E-state index in [2.05, 4.69) is 5.32 Å². The number of carboxylic acids is 1. The van der Waals surface area contributed by atoms with Crippen LogP contribution in [0.15, 0.2) is 0 Å². The van der Waals surface area contributed by atoms with Crippen molar-refractivity contribution in [3.05, 3.63) is 0 Å². The summed E-state index contributed by atoms with van der Waals surface area (Å²) in [5, 5.41) is 12.0. The van der Waals surface area contributed by atoms with E-state index < -0.39 is 11.5 Å². The van der Waals surface area contributed by atoms with Gasteiger partial charge in [-0.1, -0.05) is 0 Å². The third-order valence-electron chi connectivity index (χ3n) is 2.83. The predicted molar refractivity (Wildman–Crippen MR) is 60.3 cm³/mol. The largest absolute Gasteiger partial charge is 0.480 e. The van der Waals surface area contributed by atoms with Gasteiger partial charge in [0.1, 0.15) is 5.54 Å². The number of rotatable bonds is 1. The monoisotopic (exact) mass is 228 g/mol. The van der Waals surface area contributed by atoms with Crippen molar-refractivity contribution in [3.8, 4) is 0 Å². The van der Waals surface area contributed by atoms with Crippen LogP contribution in [0.25, 0.3) is 0 Å². The third-order valence-corrected chi connectivity index (χ3v) is 2.83. The molecule has 16 heavy (non-hydrogen) atoms. The van der Waals surface area contributed by atoms with Crippen LogP contribution in [-0.2, 0) is 4.79 Å². The van der Waals surface area contributed by atoms with Gasteiger partial charge in [0.15, 0.2) is 0 Å². The van der Waals surface area contributed by atoms with Gasteiger partial charge >= 0.3 is 12.0 Å². The number of carboxylic acid groups (broad SMARTS) is 1. The van der Waals surface area contributed by atoms with Gasteiger partial charge in [0.25, 0.3) is 0 Å². The molecule has 1 saturated heterocycles. The van der Waals surface area contributed by atoms with Crippen molar-refractivity contribution in [2.45, 2.75) is 51.6 Å². The van der Waals surface area contributed by atoms with E-state index in [1.54, 1.807) is 6.92 Å². The topological polar surface area (TPSA) is 69.6 Å². The number of carbonyl (C=O) groups is 2. The van der Waals surface area contributed by atoms with Gasteiger partial charge in [0.2, 0.25) is 0 Å². The zero-order valence-corrected chi connectivity index (χ0v) is 10.3. The van der Waals surface area contributed by atoms with Gasteiger partial charge < -0.3 is 15.3 Å². The molecule has 0 aromatic heterocycles. The van der Waals surface area contributed by atoms with Crippen LogP contribution in [0.4, 0.5) is 4.79 Å². The quantitative estimate of drug-likeness (QED) is 0.713. The van der Waals surface area contributed by atoms with E-state index in [-0.39, 0.29) is 11.6 Å². The van der Waals surface area contributed by atoms with E-state index in [0.29, 0.717) is 13.0 Å². The fourth-order valence-corrected chi connectivity index (χ4v) is 1.90. The second kappa shape index (κ2) is 3.96. The van der Waals surface area contributed by atoms with Crippen LogP contribution in [0.5, 0.6) is 0 Å². The molecule has 2 amide bonds. The number of amides is 2. The summed E-state index contributed by atoms with van der Waals surface area (Å²) < 4.78 is 0. The third kappa shape index (κ3) is 2.46. The number of hydrogen-bond donors (Lipinski definition) is 2. The Morgan fingerprint density at radius 2 is 1.94 bits per heavy atom. The number of nitrogens with one attached hydrogen (secondary N) is 1. The van der Waals surface area contributed by atoms with E-state index in [1.165, 1.54) is 4.90 Å². The maximum Gasteiger partial charge on any atom is 0.329 e. The van der Waals surface area contributed by atoms with Gasteiger partial charge in [-0.25, -0.2) is 9.59 Å². The summed E-state index contributed by atoms with van der Waals surface area (Å²) in [5.74, 6) is -0.936. The van der Waals surface area contributed by atoms with E-state index >= 15 is 0 Å². The highest BCUT2D eigenvalue weighted by molar-refractivity contribution is 5.86. The van der Waals surface area contributed by atoms with Crippen molar-refractivity contribution in [2.24, 2.45) is 0 Å². The Labute approximate surface area is 95.8 Å². The first-order valence-corrected chi connectivity index (χ1v) is 5.50. The highest BCUT2D eigenvalue weighted by Gasteiger charge is 2.46. The summed E-state index contributed by atoms with van der Waals surface area (Å²) in [7, 11) is 0. The van der Waals surface area contributed by atoms with E-state index in [1.807, 2.05) is 20.8 Å². The van der Waals surface area contributed by atoms with Crippen LogP contribution in [0, 0.1) is 0 Å². The van der Waals surface area contributed by atoms with E-state index in [4.69, 9.17) is 5.11 Å². The molecule has 5 heteroatoms. The molecular weight excluding hydrogens is 208 g/mol. The van der Waals surface area contributed by atoms with Gasteiger partial charge in [-0.3, -0.25) is 0 Å². The van der Waals surface area contributed by atoms with Gasteiger partial charge in [0.05, 0.1) is 0 Å². The first-order chi connectivity index (χ1) is 7.17. The molecule has 0 aromatic rings. The number of likely N-dealkylation sites (tertiary alicyclic amines) is 1. The lowest BCUT2D eigenvalue weighted by molar-refractivity contribution is -0.147. The smallest absolute Gasteiger partial charge is 0.329 e. The molecule has 1 aliphatic rings. The van der Waals surface area contributed by atoms with Crippen LogP contribution in [0.2, 0.25) is 0 Å². The second-order valence-corrected chi connectivity index (χ2v) is 5.51. The molecule has 0 bridgehead atoms. The lowest BCUT2D eigenvalue weighted by Crippen LogP contribution is -2.57. The maximum absolute atomic E-state index is 11.9. The second-order valence-electron chi connectivity index (χ2n) is 5.51. The minimum Gasteiger partial charge on any atom is -0.480 e. The van der Waals surface area contributed by atoms with Gasteiger partial charge in [-0.05, 0) is 40.5 Å². The van der Waals surface area contributed by atoms with E-state index in [9.17, 15) is 9.59 Å². The molecule has 92 valence electrons. The molecule has 1 fully saturated rings. The Kier molecular flexibility index (Phi) is 3.17. The Morgan fingerprint density at radius 1 is 1.38 bits per heavy atom. The van der Waals surface area contributed by atoms with Crippen molar-refractivity contribution in [3.63, 3.8) is 0 Å². The molecule has 1 heterocycles. The van der Waals surface area contributed by atoms with Crippen molar-refractivity contribution >= 4 is 12.0 Å². The standard InChI is InChI=1S/C11H20N2O3/c1-10(2,3)12-9(16)13-7-5-6-11(13,4)8(14)15/h5-7H2,1-4H3,(H,12,16)(H,14,15). The Balaban J connectivity index is 2.80. The predicted octanol–water partition coefficient (Wildman–Crippen LogP) is 1.43. The molecule has 1 atom stereocenters. The van der Waals surface area contributed by atoms with Crippen LogP contribution < -0.4 is 5.32 Å². The van der Waals surface area contributed by atoms with Crippen molar-refractivity contribution in [1.82, 2.24) is 10.2 Å². The highest BCUT2D eigenvalue weighted by atomic mass is 16.4. The number of urea groups is 1. The average molecular weight is 228 g/mol. The van der Waals surface area contributed by atoms with Crippen LogP contribution in [-0.4, -0.2) is 39.6 Å². The van der Waals surface area contributed by atoms with Crippen molar-refractivity contribution < 1.29 is 14.7 Å². The zero-order valence-electron chi connectivity index (χ0n) is 10.3. The fourth-order valence-electron chi connectivity index (χ4n) is 1.90. The number of carbonyl (C=O) groups excluding carboxylic acids is 1. The summed E-state index contributed by atoms with van der Waals surface area (Å²) in [6, 6.07) is -0.296. The molecular formula is C11H20N2O3.